The Labute approximate surface area is 171 Å². The van der Waals surface area contributed by atoms with Crippen LogP contribution in [0.4, 0.5) is 11.6 Å². The van der Waals surface area contributed by atoms with Crippen LogP contribution in [0.5, 0.6) is 0 Å². The van der Waals surface area contributed by atoms with E-state index >= 15 is 0 Å². The molecule has 1 N–H and O–H groups in total. The average Bonchev–Trinajstić information content (AvgIpc) is 3.38. The van der Waals surface area contributed by atoms with Crippen LogP contribution in [-0.2, 0) is 9.84 Å². The number of benzene rings is 1. The molecule has 4 heterocycles. The lowest BCUT2D eigenvalue weighted by molar-refractivity contribution is 0.552. The number of aromatic nitrogens is 5. The Morgan fingerprint density at radius 2 is 1.93 bits per heavy atom. The molecule has 0 amide bonds. The molecule has 1 aliphatic heterocycles. The Kier molecular flexibility index (Phi) is 4.35. The fourth-order valence-electron chi connectivity index (χ4n) is 3.68. The normalized spacial score (nSPS) is 17.9. The van der Waals surface area contributed by atoms with Gasteiger partial charge in [0.2, 0.25) is 5.95 Å². The van der Waals surface area contributed by atoms with Crippen molar-refractivity contribution in [1.82, 2.24) is 24.3 Å². The Morgan fingerprint density at radius 1 is 1.10 bits per heavy atom. The zero-order chi connectivity index (χ0) is 20.7. The SMILES string of the molecule is O=c1ccc2cnc(Nc3ccc(-n4cccn4)cc3)nc2n1C1CCS(=O)(=O)C1. The zero-order valence-electron chi connectivity index (χ0n) is 15.8. The highest BCUT2D eigenvalue weighted by molar-refractivity contribution is 7.91. The minimum Gasteiger partial charge on any atom is -0.324 e. The van der Waals surface area contributed by atoms with E-state index in [1.54, 1.807) is 23.1 Å². The second kappa shape index (κ2) is 7.06. The van der Waals surface area contributed by atoms with E-state index in [0.29, 0.717) is 23.4 Å². The van der Waals surface area contributed by atoms with Crippen LogP contribution in [0.3, 0.4) is 0 Å². The molecule has 1 aromatic carbocycles. The maximum absolute atomic E-state index is 12.5. The van der Waals surface area contributed by atoms with Crippen LogP contribution in [0.2, 0.25) is 0 Å². The molecule has 9 nitrogen and oxygen atoms in total. The van der Waals surface area contributed by atoms with Crippen LogP contribution in [0.15, 0.2) is 65.8 Å². The summed E-state index contributed by atoms with van der Waals surface area (Å²) in [6.07, 6.45) is 5.60. The molecule has 10 heteroatoms. The van der Waals surface area contributed by atoms with Gasteiger partial charge in [0.05, 0.1) is 23.2 Å². The summed E-state index contributed by atoms with van der Waals surface area (Å²) in [6.45, 7) is 0. The quantitative estimate of drug-likeness (QED) is 0.536. The van der Waals surface area contributed by atoms with Crippen LogP contribution in [-0.4, -0.2) is 44.2 Å². The van der Waals surface area contributed by atoms with Crippen LogP contribution in [0.1, 0.15) is 12.5 Å². The highest BCUT2D eigenvalue weighted by atomic mass is 32.2. The van der Waals surface area contributed by atoms with Gasteiger partial charge in [0.1, 0.15) is 5.65 Å². The van der Waals surface area contributed by atoms with E-state index in [0.717, 1.165) is 11.4 Å². The number of nitrogens with one attached hydrogen (secondary N) is 1. The second-order valence-electron chi connectivity index (χ2n) is 7.19. The number of pyridine rings is 1. The van der Waals surface area contributed by atoms with Crippen LogP contribution in [0.25, 0.3) is 16.7 Å². The summed E-state index contributed by atoms with van der Waals surface area (Å²) >= 11 is 0. The van der Waals surface area contributed by atoms with Gasteiger partial charge in [-0.1, -0.05) is 0 Å². The minimum atomic E-state index is -3.14. The fraction of sp³-hybridized carbons (Fsp3) is 0.200. The molecule has 1 atom stereocenters. The maximum atomic E-state index is 12.5. The van der Waals surface area contributed by atoms with E-state index in [1.165, 1.54) is 10.6 Å². The number of rotatable bonds is 4. The standard InChI is InChI=1S/C20H18N6O3S/c27-18-7-2-14-12-21-20(24-19(14)26(18)17-8-11-30(28,29)13-17)23-15-3-5-16(6-4-15)25-10-1-9-22-25/h1-7,9-10,12,17H,8,11,13H2,(H,21,23,24). The largest absolute Gasteiger partial charge is 0.324 e. The van der Waals surface area contributed by atoms with Crippen LogP contribution >= 0.6 is 0 Å². The van der Waals surface area contributed by atoms with E-state index < -0.39 is 15.9 Å². The van der Waals surface area contributed by atoms with Gasteiger partial charge >= 0.3 is 0 Å². The average molecular weight is 422 g/mol. The molecule has 1 fully saturated rings. The summed E-state index contributed by atoms with van der Waals surface area (Å²) < 4.78 is 27.1. The molecule has 5 rings (SSSR count). The summed E-state index contributed by atoms with van der Waals surface area (Å²) in [4.78, 5) is 21.4. The number of fused-ring (bicyclic) bond motifs is 1. The lowest BCUT2D eigenvalue weighted by atomic mass is 10.2. The molecule has 152 valence electrons. The molecule has 0 bridgehead atoms. The molecule has 0 radical (unpaired) electrons. The van der Waals surface area contributed by atoms with Gasteiger partial charge in [0.15, 0.2) is 9.84 Å². The van der Waals surface area contributed by atoms with Crippen molar-refractivity contribution in [1.29, 1.82) is 0 Å². The summed E-state index contributed by atoms with van der Waals surface area (Å²) in [5, 5.41) is 8.01. The fourth-order valence-corrected chi connectivity index (χ4v) is 5.38. The summed E-state index contributed by atoms with van der Waals surface area (Å²) in [5.74, 6) is 0.363. The number of hydrogen-bond donors (Lipinski definition) is 1. The van der Waals surface area contributed by atoms with E-state index in [-0.39, 0.29) is 17.1 Å². The van der Waals surface area contributed by atoms with Crippen molar-refractivity contribution >= 4 is 32.5 Å². The first-order chi connectivity index (χ1) is 14.5. The first-order valence-corrected chi connectivity index (χ1v) is 11.3. The summed E-state index contributed by atoms with van der Waals surface area (Å²) in [7, 11) is -3.14. The third-order valence-electron chi connectivity index (χ3n) is 5.13. The van der Waals surface area contributed by atoms with Crippen LogP contribution in [0, 0.1) is 0 Å². The number of anilines is 2. The van der Waals surface area contributed by atoms with Crippen molar-refractivity contribution < 1.29 is 8.42 Å². The summed E-state index contributed by atoms with van der Waals surface area (Å²) in [6, 6.07) is 12.1. The molecule has 0 saturated carbocycles. The Bertz CT molecular complexity index is 1380. The van der Waals surface area contributed by atoms with Gasteiger partial charge < -0.3 is 5.32 Å². The van der Waals surface area contributed by atoms with Crippen molar-refractivity contribution in [2.45, 2.75) is 12.5 Å². The predicted molar refractivity (Wildman–Crippen MR) is 113 cm³/mol. The molecule has 0 aliphatic carbocycles. The van der Waals surface area contributed by atoms with Gasteiger partial charge in [-0.25, -0.2) is 18.1 Å². The molecule has 1 saturated heterocycles. The monoisotopic (exact) mass is 422 g/mol. The van der Waals surface area contributed by atoms with Crippen LogP contribution < -0.4 is 10.9 Å². The third kappa shape index (κ3) is 3.45. The minimum absolute atomic E-state index is 0.0479. The Hall–Kier alpha value is -3.53. The summed E-state index contributed by atoms with van der Waals surface area (Å²) in [5.41, 5.74) is 1.85. The van der Waals surface area contributed by atoms with Crippen molar-refractivity contribution in [3.63, 3.8) is 0 Å². The van der Waals surface area contributed by atoms with Gasteiger partial charge in [-0.3, -0.25) is 9.36 Å². The van der Waals surface area contributed by atoms with E-state index in [4.69, 9.17) is 0 Å². The van der Waals surface area contributed by atoms with Gasteiger partial charge in [-0.15, -0.1) is 0 Å². The van der Waals surface area contributed by atoms with E-state index in [9.17, 15) is 13.2 Å². The number of hydrogen-bond acceptors (Lipinski definition) is 7. The molecule has 1 unspecified atom stereocenters. The molecule has 1 aliphatic rings. The highest BCUT2D eigenvalue weighted by Gasteiger charge is 2.30. The zero-order valence-corrected chi connectivity index (χ0v) is 16.7. The predicted octanol–water partition coefficient (Wildman–Crippen LogP) is 2.08. The molecule has 3 aromatic heterocycles. The molecule has 4 aromatic rings. The van der Waals surface area contributed by atoms with Crippen molar-refractivity contribution in [3.05, 3.63) is 71.4 Å². The lowest BCUT2D eigenvalue weighted by Gasteiger charge is -2.15. The van der Waals surface area contributed by atoms with Crippen molar-refractivity contribution in [3.8, 4) is 5.69 Å². The van der Waals surface area contributed by atoms with Gasteiger partial charge in [-0.05, 0) is 42.8 Å². The molecular formula is C20H18N6O3S. The van der Waals surface area contributed by atoms with E-state index in [2.05, 4.69) is 20.4 Å². The topological polar surface area (TPSA) is 112 Å². The number of nitrogens with zero attached hydrogens (tertiary/aromatic N) is 5. The van der Waals surface area contributed by atoms with Gasteiger partial charge in [0.25, 0.3) is 5.56 Å². The van der Waals surface area contributed by atoms with Crippen molar-refractivity contribution in [2.75, 3.05) is 16.8 Å². The van der Waals surface area contributed by atoms with Gasteiger partial charge in [-0.2, -0.15) is 10.1 Å². The third-order valence-corrected chi connectivity index (χ3v) is 6.88. The number of sulfone groups is 1. The highest BCUT2D eigenvalue weighted by Crippen LogP contribution is 2.25. The smallest absolute Gasteiger partial charge is 0.252 e. The first kappa shape index (κ1) is 18.5. The van der Waals surface area contributed by atoms with E-state index in [1.807, 2.05) is 36.5 Å². The van der Waals surface area contributed by atoms with Crippen molar-refractivity contribution in [2.24, 2.45) is 0 Å². The first-order valence-electron chi connectivity index (χ1n) is 9.44. The molecule has 0 spiro atoms. The molecular weight excluding hydrogens is 404 g/mol. The second-order valence-corrected chi connectivity index (χ2v) is 9.42. The van der Waals surface area contributed by atoms with Gasteiger partial charge in [0, 0.05) is 35.7 Å². The Balaban J connectivity index is 1.49. The lowest BCUT2D eigenvalue weighted by Crippen LogP contribution is -2.26. The molecule has 30 heavy (non-hydrogen) atoms. The Morgan fingerprint density at radius 3 is 2.63 bits per heavy atom. The maximum Gasteiger partial charge on any atom is 0.252 e.